The number of nitrogens with one attached hydrogen (secondary N) is 1. The first-order valence-corrected chi connectivity index (χ1v) is 9.27. The van der Waals surface area contributed by atoms with Crippen molar-refractivity contribution in [2.75, 3.05) is 31.5 Å². The quantitative estimate of drug-likeness (QED) is 0.603. The molecule has 0 unspecified atom stereocenters. The van der Waals surface area contributed by atoms with E-state index in [1.54, 1.807) is 17.0 Å². The zero-order valence-corrected chi connectivity index (χ0v) is 16.0. The first-order valence-electron chi connectivity index (χ1n) is 9.27. The van der Waals surface area contributed by atoms with E-state index in [0.717, 1.165) is 18.2 Å². The Balaban J connectivity index is 1.61. The van der Waals surface area contributed by atoms with Crippen LogP contribution in [0, 0.1) is 11.3 Å². The van der Waals surface area contributed by atoms with E-state index in [1.807, 2.05) is 12.1 Å². The van der Waals surface area contributed by atoms with Gasteiger partial charge in [-0.2, -0.15) is 5.26 Å². The van der Waals surface area contributed by atoms with Crippen LogP contribution in [0.5, 0.6) is 5.75 Å². The average Bonchev–Trinajstić information content (AvgIpc) is 2.75. The van der Waals surface area contributed by atoms with Gasteiger partial charge >= 0.3 is 0 Å². The van der Waals surface area contributed by atoms with Crippen LogP contribution in [0.2, 0.25) is 0 Å². The number of amides is 2. The van der Waals surface area contributed by atoms with E-state index < -0.39 is 0 Å². The second kappa shape index (κ2) is 9.04. The minimum atomic E-state index is -0.384. The molecule has 148 valence electrons. The van der Waals surface area contributed by atoms with Crippen molar-refractivity contribution < 1.29 is 14.7 Å². The number of carbonyl (C=O) groups is 2. The molecule has 0 atom stereocenters. The summed E-state index contributed by atoms with van der Waals surface area (Å²) in [6, 6.07) is 14.0. The van der Waals surface area contributed by atoms with Crippen LogP contribution in [0.3, 0.4) is 0 Å². The summed E-state index contributed by atoms with van der Waals surface area (Å²) in [5.74, 6) is -0.771. The molecule has 0 bridgehead atoms. The molecule has 2 amide bonds. The van der Waals surface area contributed by atoms with Gasteiger partial charge < -0.3 is 15.3 Å². The van der Waals surface area contributed by atoms with Crippen LogP contribution in [0.1, 0.15) is 21.5 Å². The van der Waals surface area contributed by atoms with E-state index in [1.165, 1.54) is 18.2 Å². The molecule has 0 spiro atoms. The summed E-state index contributed by atoms with van der Waals surface area (Å²) in [5.41, 5.74) is 2.34. The Morgan fingerprint density at radius 2 is 1.83 bits per heavy atom. The Hall–Kier alpha value is -3.63. The smallest absolute Gasteiger partial charge is 0.257 e. The predicted octanol–water partition coefficient (Wildman–Crippen LogP) is 2.35. The lowest BCUT2D eigenvalue weighted by molar-refractivity contribution is -0.111. The normalized spacial score (nSPS) is 14.1. The predicted molar refractivity (Wildman–Crippen MR) is 109 cm³/mol. The van der Waals surface area contributed by atoms with Crippen molar-refractivity contribution in [1.82, 2.24) is 9.80 Å². The third-order valence-corrected chi connectivity index (χ3v) is 4.83. The molecule has 2 aromatic carbocycles. The summed E-state index contributed by atoms with van der Waals surface area (Å²) >= 11 is 0. The van der Waals surface area contributed by atoms with Gasteiger partial charge in [-0.05, 0) is 42.0 Å². The van der Waals surface area contributed by atoms with Gasteiger partial charge in [0.1, 0.15) is 5.75 Å². The van der Waals surface area contributed by atoms with Crippen LogP contribution < -0.4 is 5.32 Å². The molecule has 1 fully saturated rings. The van der Waals surface area contributed by atoms with Crippen molar-refractivity contribution in [3.05, 3.63) is 71.8 Å². The van der Waals surface area contributed by atoms with Crippen LogP contribution in [0.4, 0.5) is 5.69 Å². The summed E-state index contributed by atoms with van der Waals surface area (Å²) in [7, 11) is 0. The van der Waals surface area contributed by atoms with E-state index in [-0.39, 0.29) is 23.1 Å². The number of hydrogen-bond donors (Lipinski definition) is 2. The number of anilines is 1. The van der Waals surface area contributed by atoms with Crippen LogP contribution >= 0.6 is 0 Å². The molecule has 1 aliphatic rings. The van der Waals surface area contributed by atoms with Gasteiger partial charge in [-0.1, -0.05) is 18.7 Å². The minimum absolute atomic E-state index is 0.119. The third kappa shape index (κ3) is 5.00. The fourth-order valence-corrected chi connectivity index (χ4v) is 3.20. The number of phenolic OH excluding ortho intramolecular Hbond substituents is 1. The molecule has 0 aromatic heterocycles. The van der Waals surface area contributed by atoms with E-state index in [9.17, 15) is 14.7 Å². The van der Waals surface area contributed by atoms with E-state index in [4.69, 9.17) is 5.26 Å². The Morgan fingerprint density at radius 1 is 1.14 bits per heavy atom. The number of carbonyl (C=O) groups excluding carboxylic acids is 2. The molecule has 0 saturated carbocycles. The summed E-state index contributed by atoms with van der Waals surface area (Å²) in [6.07, 6.45) is 1.14. The van der Waals surface area contributed by atoms with Crippen molar-refractivity contribution in [3.63, 3.8) is 0 Å². The van der Waals surface area contributed by atoms with Crippen molar-refractivity contribution in [1.29, 1.82) is 5.26 Å². The molecule has 7 nitrogen and oxygen atoms in total. The molecule has 7 heteroatoms. The zero-order valence-electron chi connectivity index (χ0n) is 16.0. The molecule has 2 N–H and O–H groups in total. The number of rotatable bonds is 5. The maximum Gasteiger partial charge on any atom is 0.257 e. The summed E-state index contributed by atoms with van der Waals surface area (Å²) < 4.78 is 0. The SMILES string of the molecule is C=CC(=O)Nc1ccc(O)c(C(=O)N2CCN(Cc3ccc(C#N)cc3)CC2)c1. The maximum atomic E-state index is 12.8. The number of hydrogen-bond acceptors (Lipinski definition) is 5. The molecule has 29 heavy (non-hydrogen) atoms. The number of piperazine rings is 1. The highest BCUT2D eigenvalue weighted by Crippen LogP contribution is 2.24. The average molecular weight is 390 g/mol. The Labute approximate surface area is 169 Å². The number of nitrogens with zero attached hydrogens (tertiary/aromatic N) is 3. The maximum absolute atomic E-state index is 12.8. The fraction of sp³-hybridized carbons (Fsp3) is 0.227. The lowest BCUT2D eigenvalue weighted by Gasteiger charge is -2.35. The Bertz CT molecular complexity index is 955. The monoisotopic (exact) mass is 390 g/mol. The lowest BCUT2D eigenvalue weighted by Crippen LogP contribution is -2.48. The largest absolute Gasteiger partial charge is 0.507 e. The van der Waals surface area contributed by atoms with Crippen LogP contribution in [-0.2, 0) is 11.3 Å². The zero-order chi connectivity index (χ0) is 20.8. The fourth-order valence-electron chi connectivity index (χ4n) is 3.20. The summed E-state index contributed by atoms with van der Waals surface area (Å²) in [6.45, 7) is 6.64. The second-order valence-corrected chi connectivity index (χ2v) is 6.80. The standard InChI is InChI=1S/C22H22N4O3/c1-2-21(28)24-18-7-8-20(27)19(13-18)22(29)26-11-9-25(10-12-26)15-17-5-3-16(14-23)4-6-17/h2-8,13,27H,1,9-12,15H2,(H,24,28). The van der Waals surface area contributed by atoms with Gasteiger partial charge in [0.25, 0.3) is 5.91 Å². The van der Waals surface area contributed by atoms with E-state index >= 15 is 0 Å². The van der Waals surface area contributed by atoms with Crippen LogP contribution in [0.15, 0.2) is 55.1 Å². The molecule has 2 aromatic rings. The number of benzene rings is 2. The highest BCUT2D eigenvalue weighted by atomic mass is 16.3. The molecule has 3 rings (SSSR count). The summed E-state index contributed by atoms with van der Waals surface area (Å²) in [4.78, 5) is 28.2. The van der Waals surface area contributed by atoms with Gasteiger partial charge in [0.2, 0.25) is 5.91 Å². The van der Waals surface area contributed by atoms with Gasteiger partial charge in [0, 0.05) is 38.4 Å². The van der Waals surface area contributed by atoms with Crippen molar-refractivity contribution in [2.24, 2.45) is 0 Å². The van der Waals surface area contributed by atoms with Crippen molar-refractivity contribution in [2.45, 2.75) is 6.54 Å². The number of nitriles is 1. The van der Waals surface area contributed by atoms with E-state index in [0.29, 0.717) is 37.4 Å². The first-order chi connectivity index (χ1) is 14.0. The number of phenols is 1. The molecule has 1 saturated heterocycles. The van der Waals surface area contributed by atoms with E-state index in [2.05, 4.69) is 22.9 Å². The molecule has 0 radical (unpaired) electrons. The van der Waals surface area contributed by atoms with Crippen molar-refractivity contribution >= 4 is 17.5 Å². The Kier molecular flexibility index (Phi) is 6.27. The highest BCUT2D eigenvalue weighted by Gasteiger charge is 2.24. The number of aromatic hydroxyl groups is 1. The minimum Gasteiger partial charge on any atom is -0.507 e. The van der Waals surface area contributed by atoms with Crippen LogP contribution in [0.25, 0.3) is 0 Å². The van der Waals surface area contributed by atoms with Gasteiger partial charge in [0.05, 0.1) is 17.2 Å². The molecular formula is C22H22N4O3. The molecule has 1 aliphatic heterocycles. The van der Waals surface area contributed by atoms with Crippen molar-refractivity contribution in [3.8, 4) is 11.8 Å². The molecular weight excluding hydrogens is 368 g/mol. The van der Waals surface area contributed by atoms with Gasteiger partial charge in [-0.3, -0.25) is 14.5 Å². The highest BCUT2D eigenvalue weighted by molar-refractivity contribution is 6.02. The van der Waals surface area contributed by atoms with Crippen LogP contribution in [-0.4, -0.2) is 52.9 Å². The third-order valence-electron chi connectivity index (χ3n) is 4.83. The Morgan fingerprint density at radius 3 is 2.45 bits per heavy atom. The molecule has 0 aliphatic carbocycles. The summed E-state index contributed by atoms with van der Waals surface area (Å²) in [5, 5.41) is 21.6. The lowest BCUT2D eigenvalue weighted by atomic mass is 10.1. The second-order valence-electron chi connectivity index (χ2n) is 6.80. The first kappa shape index (κ1) is 20.1. The van der Waals surface area contributed by atoms with Gasteiger partial charge in [-0.15, -0.1) is 0 Å². The van der Waals surface area contributed by atoms with Gasteiger partial charge in [-0.25, -0.2) is 0 Å². The van der Waals surface area contributed by atoms with Gasteiger partial charge in [0.15, 0.2) is 0 Å². The molecule has 1 heterocycles. The topological polar surface area (TPSA) is 96.7 Å².